The Morgan fingerprint density at radius 1 is 1.00 bits per heavy atom. The van der Waals surface area contributed by atoms with Gasteiger partial charge in [0.2, 0.25) is 6.29 Å². The van der Waals surface area contributed by atoms with Gasteiger partial charge in [-0.05, 0) is 6.42 Å². The van der Waals surface area contributed by atoms with Crippen molar-refractivity contribution >= 4 is 11.9 Å². The number of aliphatic carboxylic acids is 1. The zero-order valence-corrected chi connectivity index (χ0v) is 11.0. The van der Waals surface area contributed by atoms with Crippen molar-refractivity contribution < 1.29 is 34.8 Å². The second kappa shape index (κ2) is 9.71. The second-order valence-electron chi connectivity index (χ2n) is 4.32. The fourth-order valence-corrected chi connectivity index (χ4v) is 1.45. The van der Waals surface area contributed by atoms with Crippen LogP contribution in [0.4, 0.5) is 0 Å². The predicted octanol–water partition coefficient (Wildman–Crippen LogP) is 0.0149. The standard InChI is InChI=1S/C12H22O7/c1-2-3-4-5-6-7-8(13)19-12(18)10(15)9(14)11(16)17/h8-10,13-15H,2-7H2,1H3,(H,16,17). The highest BCUT2D eigenvalue weighted by Gasteiger charge is 2.32. The lowest BCUT2D eigenvalue weighted by Gasteiger charge is -2.16. The number of carboxylic acids is 1. The number of aliphatic hydroxyl groups excluding tert-OH is 3. The van der Waals surface area contributed by atoms with Crippen molar-refractivity contribution in [3.05, 3.63) is 0 Å². The molecule has 112 valence electrons. The van der Waals surface area contributed by atoms with Crippen LogP contribution in [0.1, 0.15) is 45.4 Å². The summed E-state index contributed by atoms with van der Waals surface area (Å²) >= 11 is 0. The molecular formula is C12H22O7. The molecule has 0 aliphatic carbocycles. The van der Waals surface area contributed by atoms with Gasteiger partial charge in [-0.1, -0.05) is 32.6 Å². The van der Waals surface area contributed by atoms with E-state index in [0.717, 1.165) is 25.7 Å². The maximum absolute atomic E-state index is 11.2. The van der Waals surface area contributed by atoms with E-state index in [2.05, 4.69) is 11.7 Å². The van der Waals surface area contributed by atoms with Crippen molar-refractivity contribution in [2.75, 3.05) is 0 Å². The number of hydrogen-bond acceptors (Lipinski definition) is 6. The van der Waals surface area contributed by atoms with Gasteiger partial charge in [-0.25, -0.2) is 9.59 Å². The first kappa shape index (κ1) is 17.8. The number of hydrogen-bond donors (Lipinski definition) is 4. The smallest absolute Gasteiger partial charge is 0.340 e. The number of esters is 1. The molecule has 0 aliphatic heterocycles. The van der Waals surface area contributed by atoms with Crippen LogP contribution in [0.25, 0.3) is 0 Å². The van der Waals surface area contributed by atoms with Gasteiger partial charge in [-0.15, -0.1) is 0 Å². The Bertz CT molecular complexity index is 279. The molecule has 0 fully saturated rings. The summed E-state index contributed by atoms with van der Waals surface area (Å²) in [5, 5.41) is 35.8. The molecule has 0 aromatic rings. The van der Waals surface area contributed by atoms with E-state index in [-0.39, 0.29) is 6.42 Å². The number of ether oxygens (including phenoxy) is 1. The highest BCUT2D eigenvalue weighted by molar-refractivity contribution is 5.84. The topological polar surface area (TPSA) is 124 Å². The zero-order chi connectivity index (χ0) is 14.8. The van der Waals surface area contributed by atoms with Crippen molar-refractivity contribution in [1.82, 2.24) is 0 Å². The molecule has 3 unspecified atom stereocenters. The fourth-order valence-electron chi connectivity index (χ4n) is 1.45. The van der Waals surface area contributed by atoms with Crippen molar-refractivity contribution in [1.29, 1.82) is 0 Å². The van der Waals surface area contributed by atoms with Crippen LogP contribution in [0.2, 0.25) is 0 Å². The number of rotatable bonds is 10. The van der Waals surface area contributed by atoms with Gasteiger partial charge in [0, 0.05) is 6.42 Å². The molecule has 4 N–H and O–H groups in total. The molecule has 7 heteroatoms. The van der Waals surface area contributed by atoms with Gasteiger partial charge >= 0.3 is 11.9 Å². The zero-order valence-electron chi connectivity index (χ0n) is 11.0. The monoisotopic (exact) mass is 278 g/mol. The Hall–Kier alpha value is -1.18. The average Bonchev–Trinajstić information content (AvgIpc) is 2.36. The minimum Gasteiger partial charge on any atom is -0.479 e. The van der Waals surface area contributed by atoms with Crippen molar-refractivity contribution in [3.8, 4) is 0 Å². The lowest BCUT2D eigenvalue weighted by atomic mass is 10.1. The molecular weight excluding hydrogens is 256 g/mol. The van der Waals surface area contributed by atoms with Crippen LogP contribution in [0.15, 0.2) is 0 Å². The molecule has 0 aromatic carbocycles. The van der Waals surface area contributed by atoms with Gasteiger partial charge in [0.1, 0.15) is 0 Å². The molecule has 0 aromatic heterocycles. The normalized spacial score (nSPS) is 15.6. The van der Waals surface area contributed by atoms with Gasteiger partial charge in [-0.3, -0.25) is 0 Å². The Labute approximate surface area is 111 Å². The van der Waals surface area contributed by atoms with Gasteiger partial charge in [0.25, 0.3) is 0 Å². The van der Waals surface area contributed by atoms with Crippen LogP contribution in [0.5, 0.6) is 0 Å². The van der Waals surface area contributed by atoms with Crippen molar-refractivity contribution in [2.24, 2.45) is 0 Å². The SMILES string of the molecule is CCCCCCCC(O)OC(=O)C(O)C(O)C(=O)O. The molecule has 0 spiro atoms. The van der Waals surface area contributed by atoms with Crippen LogP contribution < -0.4 is 0 Å². The molecule has 0 saturated heterocycles. The molecule has 19 heavy (non-hydrogen) atoms. The highest BCUT2D eigenvalue weighted by Crippen LogP contribution is 2.09. The molecule has 3 atom stereocenters. The third kappa shape index (κ3) is 7.76. The molecule has 0 rings (SSSR count). The lowest BCUT2D eigenvalue weighted by molar-refractivity contribution is -0.188. The van der Waals surface area contributed by atoms with E-state index in [9.17, 15) is 14.7 Å². The predicted molar refractivity (Wildman–Crippen MR) is 65.1 cm³/mol. The Morgan fingerprint density at radius 3 is 2.11 bits per heavy atom. The van der Waals surface area contributed by atoms with Gasteiger partial charge in [0.05, 0.1) is 0 Å². The van der Waals surface area contributed by atoms with Gasteiger partial charge in [-0.2, -0.15) is 0 Å². The van der Waals surface area contributed by atoms with Crippen molar-refractivity contribution in [2.45, 2.75) is 63.9 Å². The fraction of sp³-hybridized carbons (Fsp3) is 0.833. The Balaban J connectivity index is 3.88. The number of aliphatic hydroxyl groups is 3. The first-order valence-corrected chi connectivity index (χ1v) is 6.37. The molecule has 0 heterocycles. The summed E-state index contributed by atoms with van der Waals surface area (Å²) in [6, 6.07) is 0. The quantitative estimate of drug-likeness (QED) is 0.252. The second-order valence-corrected chi connectivity index (χ2v) is 4.32. The maximum Gasteiger partial charge on any atom is 0.340 e. The Kier molecular flexibility index (Phi) is 9.11. The number of carbonyl (C=O) groups is 2. The van der Waals surface area contributed by atoms with E-state index in [1.54, 1.807) is 0 Å². The van der Waals surface area contributed by atoms with Crippen LogP contribution in [0, 0.1) is 0 Å². The Morgan fingerprint density at radius 2 is 1.58 bits per heavy atom. The van der Waals surface area contributed by atoms with E-state index in [0.29, 0.717) is 6.42 Å². The van der Waals surface area contributed by atoms with Gasteiger partial charge in [0.15, 0.2) is 12.2 Å². The van der Waals surface area contributed by atoms with E-state index in [4.69, 9.17) is 15.3 Å². The summed E-state index contributed by atoms with van der Waals surface area (Å²) in [6.07, 6.45) is -0.880. The molecule has 7 nitrogen and oxygen atoms in total. The van der Waals surface area contributed by atoms with E-state index >= 15 is 0 Å². The van der Waals surface area contributed by atoms with Crippen LogP contribution >= 0.6 is 0 Å². The van der Waals surface area contributed by atoms with Crippen LogP contribution in [-0.4, -0.2) is 50.9 Å². The van der Waals surface area contributed by atoms with E-state index in [1.165, 1.54) is 0 Å². The summed E-state index contributed by atoms with van der Waals surface area (Å²) in [5.74, 6) is -3.09. The van der Waals surface area contributed by atoms with Gasteiger partial charge < -0.3 is 25.2 Å². The average molecular weight is 278 g/mol. The lowest BCUT2D eigenvalue weighted by Crippen LogP contribution is -2.41. The molecule has 0 bridgehead atoms. The summed E-state index contributed by atoms with van der Waals surface area (Å²) in [5.41, 5.74) is 0. The first-order chi connectivity index (χ1) is 8.90. The largest absolute Gasteiger partial charge is 0.479 e. The van der Waals surface area contributed by atoms with E-state index in [1.807, 2.05) is 0 Å². The minimum absolute atomic E-state index is 0.214. The molecule has 0 radical (unpaired) electrons. The number of carboxylic acid groups (broad SMARTS) is 1. The van der Waals surface area contributed by atoms with Crippen LogP contribution in [-0.2, 0) is 14.3 Å². The third-order valence-corrected chi connectivity index (χ3v) is 2.60. The molecule has 0 aliphatic rings. The minimum atomic E-state index is -2.26. The first-order valence-electron chi connectivity index (χ1n) is 6.37. The summed E-state index contributed by atoms with van der Waals surface area (Å²) < 4.78 is 4.43. The third-order valence-electron chi connectivity index (χ3n) is 2.60. The maximum atomic E-state index is 11.2. The van der Waals surface area contributed by atoms with Crippen LogP contribution in [0.3, 0.4) is 0 Å². The number of carbonyl (C=O) groups excluding carboxylic acids is 1. The number of unbranched alkanes of at least 4 members (excludes halogenated alkanes) is 4. The summed E-state index contributed by atoms with van der Waals surface area (Å²) in [6.45, 7) is 2.08. The summed E-state index contributed by atoms with van der Waals surface area (Å²) in [4.78, 5) is 21.5. The molecule has 0 amide bonds. The van der Waals surface area contributed by atoms with E-state index < -0.39 is 30.4 Å². The highest BCUT2D eigenvalue weighted by atomic mass is 16.6. The van der Waals surface area contributed by atoms with Crippen molar-refractivity contribution in [3.63, 3.8) is 0 Å². The molecule has 0 saturated carbocycles. The summed E-state index contributed by atoms with van der Waals surface area (Å²) in [7, 11) is 0.